The maximum Gasteiger partial charge on any atom is 0.0302 e. The first-order valence-corrected chi connectivity index (χ1v) is 8.14. The van der Waals surface area contributed by atoms with Crippen molar-refractivity contribution in [2.45, 2.75) is 46.1 Å². The van der Waals surface area contributed by atoms with Crippen LogP contribution in [-0.4, -0.2) is 19.6 Å². The highest BCUT2D eigenvalue weighted by Gasteiger charge is 2.29. The van der Waals surface area contributed by atoms with E-state index in [-0.39, 0.29) is 0 Å². The van der Waals surface area contributed by atoms with Crippen LogP contribution >= 0.6 is 11.3 Å². The molecule has 0 saturated carbocycles. The van der Waals surface area contributed by atoms with Gasteiger partial charge < -0.3 is 10.6 Å². The van der Waals surface area contributed by atoms with Crippen LogP contribution in [0.15, 0.2) is 11.4 Å². The van der Waals surface area contributed by atoms with Crippen molar-refractivity contribution >= 4 is 11.3 Å². The molecule has 2 N–H and O–H groups in total. The van der Waals surface area contributed by atoms with Crippen LogP contribution in [0.3, 0.4) is 0 Å². The van der Waals surface area contributed by atoms with E-state index in [9.17, 15) is 0 Å². The minimum absolute atomic E-state index is 0.537. The SMILES string of the molecule is CCc1ccsc1CNCC1(CC)CCNCC1. The molecule has 1 saturated heterocycles. The van der Waals surface area contributed by atoms with E-state index in [1.807, 2.05) is 11.3 Å². The topological polar surface area (TPSA) is 24.1 Å². The highest BCUT2D eigenvalue weighted by molar-refractivity contribution is 7.10. The molecular formula is C15H26N2S. The molecule has 0 atom stereocenters. The molecular weight excluding hydrogens is 240 g/mol. The van der Waals surface area contributed by atoms with Crippen LogP contribution < -0.4 is 10.6 Å². The summed E-state index contributed by atoms with van der Waals surface area (Å²) in [5, 5.41) is 9.40. The van der Waals surface area contributed by atoms with Crippen molar-refractivity contribution in [1.29, 1.82) is 0 Å². The van der Waals surface area contributed by atoms with E-state index in [0.717, 1.165) is 13.0 Å². The number of aryl methyl sites for hydroxylation is 1. The van der Waals surface area contributed by atoms with E-state index in [1.54, 1.807) is 0 Å². The molecule has 1 aliphatic rings. The van der Waals surface area contributed by atoms with Crippen LogP contribution in [-0.2, 0) is 13.0 Å². The molecule has 0 unspecified atom stereocenters. The molecule has 0 radical (unpaired) electrons. The van der Waals surface area contributed by atoms with Gasteiger partial charge in [0.25, 0.3) is 0 Å². The van der Waals surface area contributed by atoms with Gasteiger partial charge in [-0.05, 0) is 61.2 Å². The maximum atomic E-state index is 3.71. The summed E-state index contributed by atoms with van der Waals surface area (Å²) in [5.74, 6) is 0. The predicted molar refractivity (Wildman–Crippen MR) is 80.2 cm³/mol. The quantitative estimate of drug-likeness (QED) is 0.826. The Kier molecular flexibility index (Phi) is 5.22. The summed E-state index contributed by atoms with van der Waals surface area (Å²) in [4.78, 5) is 1.53. The van der Waals surface area contributed by atoms with Crippen molar-refractivity contribution in [3.8, 4) is 0 Å². The van der Waals surface area contributed by atoms with E-state index >= 15 is 0 Å². The van der Waals surface area contributed by atoms with Crippen molar-refractivity contribution in [1.82, 2.24) is 10.6 Å². The lowest BCUT2D eigenvalue weighted by molar-refractivity contribution is 0.185. The second-order valence-corrected chi connectivity index (χ2v) is 6.43. The molecule has 0 aliphatic carbocycles. The number of thiophene rings is 1. The van der Waals surface area contributed by atoms with E-state index in [4.69, 9.17) is 0 Å². The van der Waals surface area contributed by atoms with Crippen LogP contribution in [0.5, 0.6) is 0 Å². The number of hydrogen-bond donors (Lipinski definition) is 2. The molecule has 3 heteroatoms. The molecule has 1 aromatic heterocycles. The molecule has 102 valence electrons. The Labute approximate surface area is 115 Å². The molecule has 0 spiro atoms. The van der Waals surface area contributed by atoms with Crippen LogP contribution in [0, 0.1) is 5.41 Å². The smallest absolute Gasteiger partial charge is 0.0302 e. The lowest BCUT2D eigenvalue weighted by Crippen LogP contribution is -2.42. The molecule has 0 amide bonds. The average molecular weight is 266 g/mol. The standard InChI is InChI=1S/C15H26N2S/c1-3-13-5-10-18-14(13)11-17-12-15(4-2)6-8-16-9-7-15/h5,10,16-17H,3-4,6-9,11-12H2,1-2H3. The summed E-state index contributed by atoms with van der Waals surface area (Å²) in [6, 6.07) is 2.27. The number of piperidine rings is 1. The third-order valence-corrected chi connectivity index (χ3v) is 5.38. The summed E-state index contributed by atoms with van der Waals surface area (Å²) in [5.41, 5.74) is 2.05. The van der Waals surface area contributed by atoms with Gasteiger partial charge in [0.05, 0.1) is 0 Å². The molecule has 0 bridgehead atoms. The van der Waals surface area contributed by atoms with Gasteiger partial charge >= 0.3 is 0 Å². The fourth-order valence-electron chi connectivity index (χ4n) is 2.89. The van der Waals surface area contributed by atoms with Gasteiger partial charge in [-0.2, -0.15) is 0 Å². The Balaban J connectivity index is 1.83. The first-order valence-electron chi connectivity index (χ1n) is 7.26. The molecule has 2 heterocycles. The summed E-state index contributed by atoms with van der Waals surface area (Å²) in [6.07, 6.45) is 5.10. The van der Waals surface area contributed by atoms with Crippen LogP contribution in [0.2, 0.25) is 0 Å². The minimum Gasteiger partial charge on any atom is -0.317 e. The average Bonchev–Trinajstić information content (AvgIpc) is 2.87. The van der Waals surface area contributed by atoms with Gasteiger partial charge in [-0.3, -0.25) is 0 Å². The van der Waals surface area contributed by atoms with Crippen molar-refractivity contribution in [3.05, 3.63) is 21.9 Å². The van der Waals surface area contributed by atoms with Crippen molar-refractivity contribution < 1.29 is 0 Å². The fraction of sp³-hybridized carbons (Fsp3) is 0.733. The number of rotatable bonds is 6. The van der Waals surface area contributed by atoms with Gasteiger partial charge in [0.15, 0.2) is 0 Å². The number of hydrogen-bond acceptors (Lipinski definition) is 3. The Morgan fingerprint density at radius 1 is 1.33 bits per heavy atom. The Morgan fingerprint density at radius 2 is 2.11 bits per heavy atom. The largest absolute Gasteiger partial charge is 0.317 e. The summed E-state index contributed by atoms with van der Waals surface area (Å²) in [6.45, 7) is 9.19. The summed E-state index contributed by atoms with van der Waals surface area (Å²) >= 11 is 1.89. The summed E-state index contributed by atoms with van der Waals surface area (Å²) in [7, 11) is 0. The van der Waals surface area contributed by atoms with E-state index in [1.165, 1.54) is 49.3 Å². The van der Waals surface area contributed by atoms with Crippen LogP contribution in [0.4, 0.5) is 0 Å². The van der Waals surface area contributed by atoms with Gasteiger partial charge in [-0.1, -0.05) is 13.8 Å². The first kappa shape index (κ1) is 14.0. The molecule has 0 aromatic carbocycles. The molecule has 1 aliphatic heterocycles. The Bertz CT molecular complexity index is 353. The summed E-state index contributed by atoms with van der Waals surface area (Å²) < 4.78 is 0. The van der Waals surface area contributed by atoms with E-state index < -0.39 is 0 Å². The zero-order valence-corrected chi connectivity index (χ0v) is 12.5. The van der Waals surface area contributed by atoms with E-state index in [0.29, 0.717) is 5.41 Å². The Hall–Kier alpha value is -0.380. The van der Waals surface area contributed by atoms with Crippen molar-refractivity contribution in [2.75, 3.05) is 19.6 Å². The predicted octanol–water partition coefficient (Wildman–Crippen LogP) is 3.18. The monoisotopic (exact) mass is 266 g/mol. The zero-order chi connectivity index (χ0) is 12.8. The molecule has 2 rings (SSSR count). The van der Waals surface area contributed by atoms with Crippen LogP contribution in [0.1, 0.15) is 43.6 Å². The van der Waals surface area contributed by atoms with Crippen molar-refractivity contribution in [2.24, 2.45) is 5.41 Å². The molecule has 18 heavy (non-hydrogen) atoms. The second kappa shape index (κ2) is 6.69. The third-order valence-electron chi connectivity index (χ3n) is 4.42. The van der Waals surface area contributed by atoms with Gasteiger partial charge in [0.2, 0.25) is 0 Å². The van der Waals surface area contributed by atoms with Crippen molar-refractivity contribution in [3.63, 3.8) is 0 Å². The van der Waals surface area contributed by atoms with Gasteiger partial charge in [-0.15, -0.1) is 11.3 Å². The molecule has 2 nitrogen and oxygen atoms in total. The first-order chi connectivity index (χ1) is 8.79. The lowest BCUT2D eigenvalue weighted by atomic mass is 9.76. The van der Waals surface area contributed by atoms with Gasteiger partial charge in [-0.25, -0.2) is 0 Å². The highest BCUT2D eigenvalue weighted by Crippen LogP contribution is 2.31. The number of nitrogens with one attached hydrogen (secondary N) is 2. The lowest BCUT2D eigenvalue weighted by Gasteiger charge is -2.37. The van der Waals surface area contributed by atoms with Gasteiger partial charge in [0.1, 0.15) is 0 Å². The third kappa shape index (κ3) is 3.34. The maximum absolute atomic E-state index is 3.71. The fourth-order valence-corrected chi connectivity index (χ4v) is 3.84. The molecule has 1 fully saturated rings. The Morgan fingerprint density at radius 3 is 2.78 bits per heavy atom. The highest BCUT2D eigenvalue weighted by atomic mass is 32.1. The second-order valence-electron chi connectivity index (χ2n) is 5.43. The van der Waals surface area contributed by atoms with Crippen LogP contribution in [0.25, 0.3) is 0 Å². The van der Waals surface area contributed by atoms with Gasteiger partial charge in [0, 0.05) is 18.0 Å². The normalized spacial score (nSPS) is 19.0. The van der Waals surface area contributed by atoms with E-state index in [2.05, 4.69) is 35.9 Å². The zero-order valence-electron chi connectivity index (χ0n) is 11.7. The minimum atomic E-state index is 0.537. The molecule has 1 aromatic rings.